The lowest BCUT2D eigenvalue weighted by molar-refractivity contribution is 0.0526. The van der Waals surface area contributed by atoms with E-state index in [1.165, 1.54) is 11.3 Å². The highest BCUT2D eigenvalue weighted by molar-refractivity contribution is 7.10. The first kappa shape index (κ1) is 14.3. The highest BCUT2D eigenvalue weighted by atomic mass is 32.1. The van der Waals surface area contributed by atoms with E-state index in [-0.39, 0.29) is 5.91 Å². The molecular formula is C15H15NO3S. The molecule has 4 nitrogen and oxygen atoms in total. The predicted octanol–water partition coefficient (Wildman–Crippen LogP) is 3.49. The zero-order valence-corrected chi connectivity index (χ0v) is 12.1. The molecule has 0 fully saturated rings. The van der Waals surface area contributed by atoms with Crippen molar-refractivity contribution in [2.45, 2.75) is 13.8 Å². The molecule has 1 aromatic heterocycles. The molecule has 0 aliphatic heterocycles. The van der Waals surface area contributed by atoms with E-state index < -0.39 is 5.97 Å². The van der Waals surface area contributed by atoms with Crippen molar-refractivity contribution in [1.82, 2.24) is 0 Å². The first-order valence-electron chi connectivity index (χ1n) is 6.24. The van der Waals surface area contributed by atoms with Crippen LogP contribution in [0.15, 0.2) is 35.7 Å². The van der Waals surface area contributed by atoms with Gasteiger partial charge in [-0.05, 0) is 38.1 Å². The highest BCUT2D eigenvalue weighted by Crippen LogP contribution is 2.16. The van der Waals surface area contributed by atoms with Crippen LogP contribution >= 0.6 is 11.3 Å². The molecule has 0 radical (unpaired) electrons. The van der Waals surface area contributed by atoms with E-state index in [0.29, 0.717) is 23.4 Å². The molecule has 0 spiro atoms. The number of ether oxygens (including phenoxy) is 1. The van der Waals surface area contributed by atoms with Gasteiger partial charge in [-0.15, -0.1) is 11.3 Å². The molecule has 0 saturated carbocycles. The quantitative estimate of drug-likeness (QED) is 0.877. The molecule has 5 heteroatoms. The number of hydrogen-bond donors (Lipinski definition) is 1. The molecule has 1 heterocycles. The summed E-state index contributed by atoms with van der Waals surface area (Å²) in [5.41, 5.74) is 1.62. The van der Waals surface area contributed by atoms with Crippen LogP contribution in [0.25, 0.3) is 0 Å². The largest absolute Gasteiger partial charge is 0.462 e. The summed E-state index contributed by atoms with van der Waals surface area (Å²) in [6.45, 7) is 4.02. The van der Waals surface area contributed by atoms with Crippen molar-refractivity contribution in [3.8, 4) is 0 Å². The molecule has 0 atom stereocenters. The van der Waals surface area contributed by atoms with Crippen LogP contribution in [-0.4, -0.2) is 18.5 Å². The molecule has 0 saturated heterocycles. The zero-order valence-electron chi connectivity index (χ0n) is 11.3. The summed E-state index contributed by atoms with van der Waals surface area (Å²) in [4.78, 5) is 24.7. The van der Waals surface area contributed by atoms with Crippen molar-refractivity contribution in [1.29, 1.82) is 0 Å². The second-order valence-corrected chi connectivity index (χ2v) is 5.32. The number of benzene rings is 1. The molecule has 20 heavy (non-hydrogen) atoms. The smallest absolute Gasteiger partial charge is 0.338 e. The number of anilines is 1. The number of carbonyl (C=O) groups is 2. The van der Waals surface area contributed by atoms with Crippen LogP contribution in [0.1, 0.15) is 32.5 Å². The minimum Gasteiger partial charge on any atom is -0.462 e. The molecule has 104 valence electrons. The Labute approximate surface area is 121 Å². The van der Waals surface area contributed by atoms with Gasteiger partial charge in [0.05, 0.1) is 17.7 Å². The van der Waals surface area contributed by atoms with E-state index in [1.807, 2.05) is 13.0 Å². The van der Waals surface area contributed by atoms with Gasteiger partial charge in [0.15, 0.2) is 0 Å². The summed E-state index contributed by atoms with van der Waals surface area (Å²) in [5.74, 6) is -0.578. The van der Waals surface area contributed by atoms with Gasteiger partial charge in [-0.25, -0.2) is 4.79 Å². The molecule has 2 rings (SSSR count). The Balaban J connectivity index is 2.12. The first-order valence-corrected chi connectivity index (χ1v) is 7.12. The van der Waals surface area contributed by atoms with Crippen molar-refractivity contribution in [3.05, 3.63) is 51.7 Å². The van der Waals surface area contributed by atoms with E-state index >= 15 is 0 Å². The topological polar surface area (TPSA) is 55.4 Å². The molecule has 1 amide bonds. The summed E-state index contributed by atoms with van der Waals surface area (Å²) in [7, 11) is 0. The average Bonchev–Trinajstić information content (AvgIpc) is 2.86. The summed E-state index contributed by atoms with van der Waals surface area (Å²) < 4.78 is 4.93. The summed E-state index contributed by atoms with van der Waals surface area (Å²) >= 11 is 1.52. The second kappa shape index (κ2) is 6.34. The molecule has 1 aromatic carbocycles. The van der Waals surface area contributed by atoms with Crippen LogP contribution in [0.4, 0.5) is 5.69 Å². The van der Waals surface area contributed by atoms with Gasteiger partial charge in [0, 0.05) is 15.9 Å². The number of nitrogens with one attached hydrogen (secondary N) is 1. The Morgan fingerprint density at radius 2 is 2.05 bits per heavy atom. The van der Waals surface area contributed by atoms with Crippen LogP contribution in [-0.2, 0) is 4.74 Å². The minimum absolute atomic E-state index is 0.185. The van der Waals surface area contributed by atoms with Crippen LogP contribution < -0.4 is 5.32 Å². The third-order valence-electron chi connectivity index (χ3n) is 2.62. The highest BCUT2D eigenvalue weighted by Gasteiger charge is 2.10. The van der Waals surface area contributed by atoms with E-state index in [9.17, 15) is 9.59 Å². The fourth-order valence-electron chi connectivity index (χ4n) is 1.70. The van der Waals surface area contributed by atoms with E-state index in [4.69, 9.17) is 4.74 Å². The summed E-state index contributed by atoms with van der Waals surface area (Å²) in [6.07, 6.45) is 0. The molecule has 0 aliphatic rings. The van der Waals surface area contributed by atoms with Crippen LogP contribution in [0.3, 0.4) is 0 Å². The van der Waals surface area contributed by atoms with Gasteiger partial charge in [0.1, 0.15) is 0 Å². The third kappa shape index (κ3) is 3.45. The number of thiophene rings is 1. The maximum Gasteiger partial charge on any atom is 0.338 e. The van der Waals surface area contributed by atoms with Gasteiger partial charge >= 0.3 is 5.97 Å². The molecular weight excluding hydrogens is 274 g/mol. The number of carbonyl (C=O) groups excluding carboxylic acids is 2. The number of aryl methyl sites for hydroxylation is 1. The van der Waals surface area contributed by atoms with Crippen LogP contribution in [0, 0.1) is 6.92 Å². The maximum absolute atomic E-state index is 12.0. The van der Waals surface area contributed by atoms with Gasteiger partial charge in [-0.2, -0.15) is 0 Å². The fourth-order valence-corrected chi connectivity index (χ4v) is 2.39. The lowest BCUT2D eigenvalue weighted by Gasteiger charge is -2.06. The van der Waals surface area contributed by atoms with E-state index in [1.54, 1.807) is 36.6 Å². The number of rotatable bonds is 4. The normalized spacial score (nSPS) is 10.1. The van der Waals surface area contributed by atoms with Crippen LogP contribution in [0.5, 0.6) is 0 Å². The minimum atomic E-state index is -0.394. The number of hydrogen-bond acceptors (Lipinski definition) is 4. The van der Waals surface area contributed by atoms with Crippen molar-refractivity contribution < 1.29 is 14.3 Å². The Bertz CT molecular complexity index is 634. The number of amides is 1. The SMILES string of the molecule is CCOC(=O)c1cccc(NC(=O)c2csc(C)c2)c1. The molecule has 0 unspecified atom stereocenters. The Morgan fingerprint density at radius 1 is 1.25 bits per heavy atom. The van der Waals surface area contributed by atoms with Crippen molar-refractivity contribution in [2.75, 3.05) is 11.9 Å². The van der Waals surface area contributed by atoms with E-state index in [0.717, 1.165) is 4.88 Å². The van der Waals surface area contributed by atoms with Gasteiger partial charge in [-0.1, -0.05) is 6.07 Å². The van der Waals surface area contributed by atoms with Gasteiger partial charge in [-0.3, -0.25) is 4.79 Å². The fraction of sp³-hybridized carbons (Fsp3) is 0.200. The Morgan fingerprint density at radius 3 is 2.70 bits per heavy atom. The lowest BCUT2D eigenvalue weighted by Crippen LogP contribution is -2.12. The van der Waals surface area contributed by atoms with Crippen LogP contribution in [0.2, 0.25) is 0 Å². The number of esters is 1. The maximum atomic E-state index is 12.0. The zero-order chi connectivity index (χ0) is 14.5. The monoisotopic (exact) mass is 289 g/mol. The lowest BCUT2D eigenvalue weighted by atomic mass is 10.2. The summed E-state index contributed by atoms with van der Waals surface area (Å²) in [6, 6.07) is 8.54. The third-order valence-corrected chi connectivity index (χ3v) is 3.49. The van der Waals surface area contributed by atoms with Crippen molar-refractivity contribution in [2.24, 2.45) is 0 Å². The Hall–Kier alpha value is -2.14. The van der Waals surface area contributed by atoms with Gasteiger partial charge < -0.3 is 10.1 Å². The molecule has 1 N–H and O–H groups in total. The standard InChI is InChI=1S/C15H15NO3S/c1-3-19-15(18)11-5-4-6-13(8-11)16-14(17)12-7-10(2)20-9-12/h4-9H,3H2,1-2H3,(H,16,17). The molecule has 0 bridgehead atoms. The average molecular weight is 289 g/mol. The van der Waals surface area contributed by atoms with Crippen molar-refractivity contribution >= 4 is 28.9 Å². The molecule has 2 aromatic rings. The van der Waals surface area contributed by atoms with Gasteiger partial charge in [0.2, 0.25) is 0 Å². The van der Waals surface area contributed by atoms with Gasteiger partial charge in [0.25, 0.3) is 5.91 Å². The molecule has 0 aliphatic carbocycles. The second-order valence-electron chi connectivity index (χ2n) is 4.20. The Kier molecular flexibility index (Phi) is 4.53. The van der Waals surface area contributed by atoms with Crippen molar-refractivity contribution in [3.63, 3.8) is 0 Å². The summed E-state index contributed by atoms with van der Waals surface area (Å²) in [5, 5.41) is 4.57. The van der Waals surface area contributed by atoms with E-state index in [2.05, 4.69) is 5.32 Å². The first-order chi connectivity index (χ1) is 9.60. The predicted molar refractivity (Wildman–Crippen MR) is 79.4 cm³/mol.